The average molecular weight is 422 g/mol. The van der Waals surface area contributed by atoms with Crippen LogP contribution in [0, 0.1) is 6.92 Å². The minimum Gasteiger partial charge on any atom is -0.513 e. The van der Waals surface area contributed by atoms with Crippen LogP contribution in [0.4, 0.5) is 0 Å². The number of ether oxygens (including phenoxy) is 1. The van der Waals surface area contributed by atoms with E-state index < -0.39 is 6.23 Å². The van der Waals surface area contributed by atoms with Crippen molar-refractivity contribution >= 4 is 10.9 Å². The van der Waals surface area contributed by atoms with Crippen molar-refractivity contribution in [3.8, 4) is 0 Å². The van der Waals surface area contributed by atoms with Gasteiger partial charge >= 0.3 is 0 Å². The number of aliphatic hydroxyl groups is 2. The first-order valence-electron chi connectivity index (χ1n) is 10.4. The molecule has 0 amide bonds. The molecule has 0 aliphatic heterocycles. The van der Waals surface area contributed by atoms with Gasteiger partial charge in [-0.25, -0.2) is 0 Å². The molecule has 0 saturated carbocycles. The number of aliphatic hydroxyl groups excluding tert-OH is 2. The molecule has 31 heavy (non-hydrogen) atoms. The molecule has 1 aromatic carbocycles. The van der Waals surface area contributed by atoms with E-state index in [1.165, 1.54) is 0 Å². The first kappa shape index (κ1) is 22.6. The Labute approximate surface area is 183 Å². The lowest BCUT2D eigenvalue weighted by atomic mass is 10.1. The molecular weight excluding hydrogens is 390 g/mol. The minimum absolute atomic E-state index is 0.123. The van der Waals surface area contributed by atoms with Crippen molar-refractivity contribution in [2.24, 2.45) is 0 Å². The van der Waals surface area contributed by atoms with Gasteiger partial charge in [0.1, 0.15) is 0 Å². The first-order chi connectivity index (χ1) is 14.9. The van der Waals surface area contributed by atoms with Crippen LogP contribution in [0.15, 0.2) is 79.4 Å². The van der Waals surface area contributed by atoms with E-state index in [1.54, 1.807) is 12.3 Å². The Morgan fingerprint density at radius 3 is 2.81 bits per heavy atom. The van der Waals surface area contributed by atoms with E-state index in [0.29, 0.717) is 26.0 Å². The van der Waals surface area contributed by atoms with E-state index in [4.69, 9.17) is 4.74 Å². The van der Waals surface area contributed by atoms with Crippen LogP contribution in [-0.4, -0.2) is 37.3 Å². The van der Waals surface area contributed by atoms with Gasteiger partial charge in [-0.05, 0) is 49.6 Å². The summed E-state index contributed by atoms with van der Waals surface area (Å²) in [6.07, 6.45) is 7.51. The zero-order valence-corrected chi connectivity index (χ0v) is 18.2. The molecule has 0 radical (unpaired) electrons. The largest absolute Gasteiger partial charge is 0.513 e. The highest BCUT2D eigenvalue weighted by atomic mass is 16.5. The number of nitrogens with zero attached hydrogens (tertiary/aromatic N) is 3. The van der Waals surface area contributed by atoms with Gasteiger partial charge in [-0.2, -0.15) is 5.10 Å². The normalized spacial score (nSPS) is 14.0. The van der Waals surface area contributed by atoms with Crippen molar-refractivity contribution in [3.63, 3.8) is 0 Å². The third-order valence-electron chi connectivity index (χ3n) is 5.36. The van der Waals surface area contributed by atoms with Crippen molar-refractivity contribution in [2.75, 3.05) is 6.61 Å². The van der Waals surface area contributed by atoms with Gasteiger partial charge in [-0.1, -0.05) is 30.9 Å². The second-order valence-electron chi connectivity index (χ2n) is 7.72. The third-order valence-corrected chi connectivity index (χ3v) is 5.36. The Balaban J connectivity index is 1.70. The van der Waals surface area contributed by atoms with Crippen LogP contribution in [0.5, 0.6) is 0 Å². The van der Waals surface area contributed by atoms with Crippen LogP contribution in [-0.2, 0) is 17.7 Å². The number of hydrogen-bond acceptors (Lipinski definition) is 4. The molecule has 2 aromatic heterocycles. The standard InChI is InChI=1S/C25H31N3O3/c1-5-22(31-15-14-27-13-7-12-26-27)11-10-18(2)25(30)28-19(3)16-23-21(17-20(4)29)8-6-9-24(23)28/h5-10,12-13,16,22,25,29-30H,1,4,11,14-15,17H2,2-3H3/b18-10+. The maximum Gasteiger partial charge on any atom is 0.152 e. The predicted molar refractivity (Wildman–Crippen MR) is 124 cm³/mol. The highest BCUT2D eigenvalue weighted by Gasteiger charge is 2.17. The van der Waals surface area contributed by atoms with E-state index in [2.05, 4.69) is 18.3 Å². The van der Waals surface area contributed by atoms with Gasteiger partial charge in [0.05, 0.1) is 30.5 Å². The van der Waals surface area contributed by atoms with Gasteiger partial charge in [0.25, 0.3) is 0 Å². The Bertz CT molecular complexity index is 1060. The molecule has 0 aliphatic rings. The minimum atomic E-state index is -0.792. The summed E-state index contributed by atoms with van der Waals surface area (Å²) in [5, 5.41) is 25.9. The molecule has 0 saturated heterocycles. The number of aryl methyl sites for hydroxylation is 1. The zero-order chi connectivity index (χ0) is 22.4. The molecule has 2 heterocycles. The lowest BCUT2D eigenvalue weighted by Gasteiger charge is -2.19. The number of allylic oxidation sites excluding steroid dienone is 1. The molecule has 3 aromatic rings. The highest BCUT2D eigenvalue weighted by Crippen LogP contribution is 2.29. The fourth-order valence-corrected chi connectivity index (χ4v) is 3.72. The number of fused-ring (bicyclic) bond motifs is 1. The van der Waals surface area contributed by atoms with Crippen molar-refractivity contribution in [3.05, 3.63) is 90.6 Å². The molecule has 2 N–H and O–H groups in total. The Kier molecular flexibility index (Phi) is 7.50. The molecule has 2 atom stereocenters. The molecule has 3 rings (SSSR count). The second kappa shape index (κ2) is 10.3. The molecule has 2 unspecified atom stereocenters. The Morgan fingerprint density at radius 2 is 2.13 bits per heavy atom. The molecule has 0 fully saturated rings. The van der Waals surface area contributed by atoms with Crippen LogP contribution in [0.2, 0.25) is 0 Å². The molecule has 6 nitrogen and oxygen atoms in total. The van der Waals surface area contributed by atoms with Gasteiger partial charge in [0.15, 0.2) is 6.23 Å². The zero-order valence-electron chi connectivity index (χ0n) is 18.2. The van der Waals surface area contributed by atoms with Gasteiger partial charge in [0.2, 0.25) is 0 Å². The number of benzene rings is 1. The first-order valence-corrected chi connectivity index (χ1v) is 10.4. The maximum atomic E-state index is 11.1. The summed E-state index contributed by atoms with van der Waals surface area (Å²) in [6.45, 7) is 12.6. The van der Waals surface area contributed by atoms with Gasteiger partial charge < -0.3 is 19.5 Å². The van der Waals surface area contributed by atoms with E-state index in [1.807, 2.05) is 65.7 Å². The number of hydrogen-bond donors (Lipinski definition) is 2. The van der Waals surface area contributed by atoms with E-state index in [0.717, 1.165) is 27.7 Å². The van der Waals surface area contributed by atoms with E-state index in [9.17, 15) is 10.2 Å². The van der Waals surface area contributed by atoms with Crippen LogP contribution < -0.4 is 0 Å². The number of aromatic nitrogens is 3. The lowest BCUT2D eigenvalue weighted by molar-refractivity contribution is 0.0784. The highest BCUT2D eigenvalue weighted by molar-refractivity contribution is 5.85. The van der Waals surface area contributed by atoms with E-state index in [-0.39, 0.29) is 11.9 Å². The number of rotatable bonds is 11. The third kappa shape index (κ3) is 5.54. The molecule has 164 valence electrons. The SMILES string of the molecule is C=CC(C/C=C(\C)C(O)n1c(C)cc2c(CC(=C)O)cccc21)OCCn1cccn1. The molecular formula is C25H31N3O3. The van der Waals surface area contributed by atoms with Crippen molar-refractivity contribution in [2.45, 2.75) is 45.6 Å². The average Bonchev–Trinajstić information content (AvgIpc) is 3.37. The van der Waals surface area contributed by atoms with Gasteiger partial charge in [-0.3, -0.25) is 4.68 Å². The van der Waals surface area contributed by atoms with Crippen LogP contribution in [0.1, 0.15) is 30.8 Å². The maximum absolute atomic E-state index is 11.1. The second-order valence-corrected chi connectivity index (χ2v) is 7.72. The summed E-state index contributed by atoms with van der Waals surface area (Å²) in [7, 11) is 0. The lowest BCUT2D eigenvalue weighted by Crippen LogP contribution is -2.15. The summed E-state index contributed by atoms with van der Waals surface area (Å²) < 4.78 is 9.62. The Hall–Kier alpha value is -3.09. The fraction of sp³-hybridized carbons (Fsp3) is 0.320. The monoisotopic (exact) mass is 421 g/mol. The summed E-state index contributed by atoms with van der Waals surface area (Å²) in [4.78, 5) is 0. The van der Waals surface area contributed by atoms with E-state index >= 15 is 0 Å². The summed E-state index contributed by atoms with van der Waals surface area (Å²) in [5.41, 5.74) is 3.69. The predicted octanol–water partition coefficient (Wildman–Crippen LogP) is 4.86. The van der Waals surface area contributed by atoms with Gasteiger partial charge in [0, 0.05) is 29.9 Å². The van der Waals surface area contributed by atoms with Crippen molar-refractivity contribution in [1.82, 2.24) is 14.3 Å². The smallest absolute Gasteiger partial charge is 0.152 e. The quantitative estimate of drug-likeness (QED) is 0.343. The van der Waals surface area contributed by atoms with Crippen LogP contribution in [0.3, 0.4) is 0 Å². The van der Waals surface area contributed by atoms with Crippen LogP contribution >= 0.6 is 0 Å². The van der Waals surface area contributed by atoms with Crippen LogP contribution in [0.25, 0.3) is 10.9 Å². The summed E-state index contributed by atoms with van der Waals surface area (Å²) >= 11 is 0. The fourth-order valence-electron chi connectivity index (χ4n) is 3.72. The molecule has 0 spiro atoms. The topological polar surface area (TPSA) is 72.4 Å². The molecule has 6 heteroatoms. The van der Waals surface area contributed by atoms with Crippen molar-refractivity contribution in [1.29, 1.82) is 0 Å². The summed E-state index contributed by atoms with van der Waals surface area (Å²) in [5.74, 6) is 0.123. The molecule has 0 bridgehead atoms. The van der Waals surface area contributed by atoms with Crippen molar-refractivity contribution < 1.29 is 14.9 Å². The van der Waals surface area contributed by atoms with Gasteiger partial charge in [-0.15, -0.1) is 6.58 Å². The summed E-state index contributed by atoms with van der Waals surface area (Å²) in [6, 6.07) is 9.80. The Morgan fingerprint density at radius 1 is 1.32 bits per heavy atom. The molecule has 0 aliphatic carbocycles.